The number of hydrogen-bond acceptors (Lipinski definition) is 4. The zero-order valence-electron chi connectivity index (χ0n) is 10.3. The minimum atomic E-state index is -2.77. The molecule has 96 valence electrons. The van der Waals surface area contributed by atoms with E-state index in [1.54, 1.807) is 4.68 Å². The normalized spacial score (nSPS) is 22.5. The lowest BCUT2D eigenvalue weighted by Crippen LogP contribution is -2.38. The van der Waals surface area contributed by atoms with Gasteiger partial charge in [0.2, 0.25) is 0 Å². The molecular formula is C11H19N3O2S. The van der Waals surface area contributed by atoms with Gasteiger partial charge in [0.15, 0.2) is 0 Å². The van der Waals surface area contributed by atoms with Crippen LogP contribution in [0.25, 0.3) is 0 Å². The smallest absolute Gasteiger partial charge is 0.150 e. The Hall–Kier alpha value is -0.880. The fourth-order valence-corrected chi connectivity index (χ4v) is 3.66. The number of aryl methyl sites for hydroxylation is 1. The zero-order chi connectivity index (χ0) is 12.5. The van der Waals surface area contributed by atoms with E-state index in [1.165, 1.54) is 0 Å². The molecule has 0 aromatic carbocycles. The van der Waals surface area contributed by atoms with Crippen LogP contribution in [0.4, 0.5) is 0 Å². The molecule has 0 bridgehead atoms. The van der Waals surface area contributed by atoms with E-state index in [2.05, 4.69) is 17.3 Å². The molecule has 0 amide bonds. The van der Waals surface area contributed by atoms with Crippen LogP contribution in [-0.4, -0.2) is 35.7 Å². The molecule has 0 spiro atoms. The Labute approximate surface area is 102 Å². The van der Waals surface area contributed by atoms with Gasteiger partial charge in [-0.05, 0) is 19.8 Å². The Morgan fingerprint density at radius 3 is 2.65 bits per heavy atom. The van der Waals surface area contributed by atoms with Crippen molar-refractivity contribution in [3.63, 3.8) is 0 Å². The van der Waals surface area contributed by atoms with Gasteiger partial charge in [0.05, 0.1) is 17.7 Å². The maximum atomic E-state index is 11.3. The minimum absolute atomic E-state index is 0.217. The summed E-state index contributed by atoms with van der Waals surface area (Å²) < 4.78 is 24.4. The van der Waals surface area contributed by atoms with E-state index in [-0.39, 0.29) is 6.04 Å². The summed E-state index contributed by atoms with van der Waals surface area (Å²) in [7, 11) is -0.876. The highest BCUT2D eigenvalue weighted by atomic mass is 32.2. The third-order valence-corrected chi connectivity index (χ3v) is 4.98. The summed E-state index contributed by atoms with van der Waals surface area (Å²) in [5.41, 5.74) is 1.14. The van der Waals surface area contributed by atoms with Crippen molar-refractivity contribution in [3.8, 4) is 0 Å². The van der Waals surface area contributed by atoms with E-state index in [0.717, 1.165) is 5.56 Å². The summed E-state index contributed by atoms with van der Waals surface area (Å²) in [6.45, 7) is 2.08. The largest absolute Gasteiger partial charge is 0.307 e. The van der Waals surface area contributed by atoms with Crippen LogP contribution in [0.3, 0.4) is 0 Å². The van der Waals surface area contributed by atoms with E-state index in [1.807, 2.05) is 19.4 Å². The Bertz CT molecular complexity index is 467. The van der Waals surface area contributed by atoms with Crippen LogP contribution in [0.2, 0.25) is 0 Å². The quantitative estimate of drug-likeness (QED) is 0.863. The minimum Gasteiger partial charge on any atom is -0.307 e. The van der Waals surface area contributed by atoms with Crippen molar-refractivity contribution in [1.82, 2.24) is 15.1 Å². The van der Waals surface area contributed by atoms with E-state index in [4.69, 9.17) is 0 Å². The average Bonchev–Trinajstić information content (AvgIpc) is 2.68. The van der Waals surface area contributed by atoms with Gasteiger partial charge in [0.1, 0.15) is 9.84 Å². The maximum Gasteiger partial charge on any atom is 0.150 e. The van der Waals surface area contributed by atoms with Crippen LogP contribution in [0.1, 0.15) is 31.4 Å². The predicted molar refractivity (Wildman–Crippen MR) is 66.4 cm³/mol. The van der Waals surface area contributed by atoms with Gasteiger partial charge in [-0.25, -0.2) is 8.42 Å². The number of sulfone groups is 1. The molecule has 1 aromatic heterocycles. The van der Waals surface area contributed by atoms with E-state index >= 15 is 0 Å². The van der Waals surface area contributed by atoms with Crippen LogP contribution < -0.4 is 5.32 Å². The fraction of sp³-hybridized carbons (Fsp3) is 0.727. The molecule has 2 heterocycles. The van der Waals surface area contributed by atoms with Gasteiger partial charge in [-0.3, -0.25) is 4.68 Å². The van der Waals surface area contributed by atoms with Crippen molar-refractivity contribution in [2.75, 3.05) is 11.5 Å². The van der Waals surface area contributed by atoms with Gasteiger partial charge in [-0.15, -0.1) is 0 Å². The van der Waals surface area contributed by atoms with Crippen molar-refractivity contribution >= 4 is 9.84 Å². The molecular weight excluding hydrogens is 238 g/mol. The molecule has 1 aromatic rings. The number of nitrogens with one attached hydrogen (secondary N) is 1. The van der Waals surface area contributed by atoms with Crippen LogP contribution in [0.5, 0.6) is 0 Å². The van der Waals surface area contributed by atoms with Crippen molar-refractivity contribution in [3.05, 3.63) is 18.0 Å². The summed E-state index contributed by atoms with van der Waals surface area (Å²) in [4.78, 5) is 0. The van der Waals surface area contributed by atoms with Gasteiger partial charge < -0.3 is 5.32 Å². The fourth-order valence-electron chi connectivity index (χ4n) is 2.17. The highest BCUT2D eigenvalue weighted by Crippen LogP contribution is 2.17. The Kier molecular flexibility index (Phi) is 3.53. The molecule has 1 aliphatic rings. The number of hydrogen-bond donors (Lipinski definition) is 1. The Morgan fingerprint density at radius 2 is 2.12 bits per heavy atom. The predicted octanol–water partition coefficient (Wildman–Crippen LogP) is 0.648. The number of nitrogens with zero attached hydrogens (tertiary/aromatic N) is 2. The van der Waals surface area contributed by atoms with Crippen molar-refractivity contribution in [1.29, 1.82) is 0 Å². The second kappa shape index (κ2) is 4.78. The first-order valence-electron chi connectivity index (χ1n) is 5.91. The summed E-state index contributed by atoms with van der Waals surface area (Å²) in [6, 6.07) is 0.517. The van der Waals surface area contributed by atoms with E-state index in [0.29, 0.717) is 30.4 Å². The van der Waals surface area contributed by atoms with Crippen LogP contribution >= 0.6 is 0 Å². The first kappa shape index (κ1) is 12.6. The molecule has 1 aliphatic heterocycles. The van der Waals surface area contributed by atoms with Crippen LogP contribution in [0, 0.1) is 0 Å². The van der Waals surface area contributed by atoms with E-state index < -0.39 is 9.84 Å². The Balaban J connectivity index is 1.90. The number of aromatic nitrogens is 2. The molecule has 1 unspecified atom stereocenters. The van der Waals surface area contributed by atoms with Gasteiger partial charge in [-0.1, -0.05) is 0 Å². The van der Waals surface area contributed by atoms with Gasteiger partial charge in [-0.2, -0.15) is 5.10 Å². The lowest BCUT2D eigenvalue weighted by molar-refractivity contribution is 0.420. The number of rotatable bonds is 3. The standard InChI is InChI=1S/C11H19N3O2S/c1-9(10-7-12-14(2)8-10)13-11-3-5-17(15,16)6-4-11/h7-9,11,13H,3-6H2,1-2H3. The third kappa shape index (κ3) is 3.29. The molecule has 1 atom stereocenters. The lowest BCUT2D eigenvalue weighted by atomic mass is 10.1. The molecule has 2 rings (SSSR count). The molecule has 17 heavy (non-hydrogen) atoms. The molecule has 1 N–H and O–H groups in total. The van der Waals surface area contributed by atoms with Crippen molar-refractivity contribution in [2.24, 2.45) is 7.05 Å². The molecule has 1 fully saturated rings. The highest BCUT2D eigenvalue weighted by molar-refractivity contribution is 7.91. The van der Waals surface area contributed by atoms with Gasteiger partial charge >= 0.3 is 0 Å². The molecule has 1 saturated heterocycles. The Morgan fingerprint density at radius 1 is 1.47 bits per heavy atom. The summed E-state index contributed by atoms with van der Waals surface area (Å²) in [6.07, 6.45) is 5.26. The molecule has 5 nitrogen and oxygen atoms in total. The topological polar surface area (TPSA) is 64.0 Å². The summed E-state index contributed by atoms with van der Waals surface area (Å²) in [5.74, 6) is 0.620. The summed E-state index contributed by atoms with van der Waals surface area (Å²) >= 11 is 0. The van der Waals surface area contributed by atoms with Crippen LogP contribution in [0.15, 0.2) is 12.4 Å². The average molecular weight is 257 g/mol. The maximum absolute atomic E-state index is 11.3. The first-order chi connectivity index (χ1) is 7.96. The zero-order valence-corrected chi connectivity index (χ0v) is 11.1. The lowest BCUT2D eigenvalue weighted by Gasteiger charge is -2.26. The van der Waals surface area contributed by atoms with Crippen LogP contribution in [-0.2, 0) is 16.9 Å². The van der Waals surface area contributed by atoms with Crippen molar-refractivity contribution in [2.45, 2.75) is 31.8 Å². The second-order valence-electron chi connectivity index (χ2n) is 4.76. The second-order valence-corrected chi connectivity index (χ2v) is 7.07. The third-order valence-electron chi connectivity index (χ3n) is 3.27. The SMILES string of the molecule is CC(NC1CCS(=O)(=O)CC1)c1cnn(C)c1. The van der Waals surface area contributed by atoms with Gasteiger partial charge in [0, 0.05) is 30.9 Å². The molecule has 6 heteroatoms. The molecule has 0 aliphatic carbocycles. The summed E-state index contributed by atoms with van der Waals surface area (Å²) in [5, 5.41) is 7.60. The monoisotopic (exact) mass is 257 g/mol. The molecule has 0 radical (unpaired) electrons. The van der Waals surface area contributed by atoms with E-state index in [9.17, 15) is 8.42 Å². The highest BCUT2D eigenvalue weighted by Gasteiger charge is 2.24. The first-order valence-corrected chi connectivity index (χ1v) is 7.73. The molecule has 0 saturated carbocycles. The van der Waals surface area contributed by atoms with Crippen molar-refractivity contribution < 1.29 is 8.42 Å². The van der Waals surface area contributed by atoms with Gasteiger partial charge in [0.25, 0.3) is 0 Å².